The highest BCUT2D eigenvalue weighted by Crippen LogP contribution is 2.23. The van der Waals surface area contributed by atoms with Crippen LogP contribution in [0.4, 0.5) is 0 Å². The van der Waals surface area contributed by atoms with Crippen LogP contribution in [-0.2, 0) is 6.42 Å². The van der Waals surface area contributed by atoms with Gasteiger partial charge in [-0.05, 0) is 70.2 Å². The van der Waals surface area contributed by atoms with Gasteiger partial charge in [0.1, 0.15) is 11.2 Å². The Balaban J connectivity index is 1.69. The summed E-state index contributed by atoms with van der Waals surface area (Å²) >= 11 is 0. The zero-order chi connectivity index (χ0) is 19.0. The lowest BCUT2D eigenvalue weighted by molar-refractivity contribution is 0.400. The Morgan fingerprint density at radius 3 is 2.78 bits per heavy atom. The van der Waals surface area contributed by atoms with Crippen LogP contribution in [0.1, 0.15) is 17.7 Å². The van der Waals surface area contributed by atoms with Gasteiger partial charge >= 0.3 is 5.63 Å². The van der Waals surface area contributed by atoms with Crippen LogP contribution in [0.5, 0.6) is 0 Å². The van der Waals surface area contributed by atoms with E-state index in [0.717, 1.165) is 41.7 Å². The monoisotopic (exact) mass is 361 g/mol. The van der Waals surface area contributed by atoms with Gasteiger partial charge < -0.3 is 13.7 Å². The van der Waals surface area contributed by atoms with Crippen molar-refractivity contribution in [3.8, 4) is 11.1 Å². The number of hydrogen-bond acceptors (Lipinski definition) is 4. The first-order chi connectivity index (χ1) is 13.0. The van der Waals surface area contributed by atoms with Gasteiger partial charge in [-0.1, -0.05) is 12.1 Å². The average molecular weight is 361 g/mol. The smallest absolute Gasteiger partial charge is 0.344 e. The van der Waals surface area contributed by atoms with Crippen molar-refractivity contribution < 1.29 is 4.42 Å². The second-order valence-electron chi connectivity index (χ2n) is 7.29. The van der Waals surface area contributed by atoms with Crippen molar-refractivity contribution in [3.05, 3.63) is 70.5 Å². The van der Waals surface area contributed by atoms with E-state index in [1.807, 2.05) is 54.0 Å². The maximum Gasteiger partial charge on any atom is 0.344 e. The number of aryl methyl sites for hydroxylation is 2. The Morgan fingerprint density at radius 1 is 1.11 bits per heavy atom. The van der Waals surface area contributed by atoms with Crippen molar-refractivity contribution in [2.45, 2.75) is 19.8 Å². The Bertz CT molecular complexity index is 1170. The van der Waals surface area contributed by atoms with Crippen molar-refractivity contribution in [2.24, 2.45) is 0 Å². The van der Waals surface area contributed by atoms with Crippen LogP contribution >= 0.6 is 0 Å². The molecule has 27 heavy (non-hydrogen) atoms. The molecule has 0 bridgehead atoms. The normalized spacial score (nSPS) is 11.7. The second kappa shape index (κ2) is 7.00. The van der Waals surface area contributed by atoms with E-state index < -0.39 is 0 Å². The zero-order valence-corrected chi connectivity index (χ0v) is 15.9. The molecule has 5 nitrogen and oxygen atoms in total. The van der Waals surface area contributed by atoms with E-state index >= 15 is 0 Å². The summed E-state index contributed by atoms with van der Waals surface area (Å²) in [6, 6.07) is 11.9. The van der Waals surface area contributed by atoms with Gasteiger partial charge in [-0.25, -0.2) is 9.78 Å². The molecule has 0 N–H and O–H groups in total. The number of rotatable bonds is 5. The summed E-state index contributed by atoms with van der Waals surface area (Å²) in [5.41, 5.74) is 4.72. The first-order valence-corrected chi connectivity index (χ1v) is 9.17. The van der Waals surface area contributed by atoms with Crippen molar-refractivity contribution in [1.29, 1.82) is 0 Å². The molecule has 138 valence electrons. The predicted molar refractivity (Wildman–Crippen MR) is 108 cm³/mol. The maximum absolute atomic E-state index is 12.6. The van der Waals surface area contributed by atoms with E-state index in [2.05, 4.69) is 30.0 Å². The fraction of sp³-hybridized carbons (Fsp3) is 0.273. The molecule has 0 amide bonds. The van der Waals surface area contributed by atoms with Crippen LogP contribution < -0.4 is 5.63 Å². The van der Waals surface area contributed by atoms with Crippen LogP contribution in [0, 0.1) is 6.92 Å². The maximum atomic E-state index is 12.6. The van der Waals surface area contributed by atoms with E-state index in [9.17, 15) is 4.79 Å². The molecule has 4 rings (SSSR count). The molecule has 3 heterocycles. The molecule has 0 fully saturated rings. The Hall–Kier alpha value is -2.92. The Labute approximate surface area is 157 Å². The van der Waals surface area contributed by atoms with Crippen molar-refractivity contribution in [3.63, 3.8) is 0 Å². The third kappa shape index (κ3) is 3.64. The summed E-state index contributed by atoms with van der Waals surface area (Å²) < 4.78 is 7.57. The molecule has 0 saturated carbocycles. The fourth-order valence-electron chi connectivity index (χ4n) is 3.39. The first-order valence-electron chi connectivity index (χ1n) is 9.17. The van der Waals surface area contributed by atoms with Gasteiger partial charge in [0.05, 0.1) is 11.3 Å². The van der Waals surface area contributed by atoms with E-state index in [1.54, 1.807) is 0 Å². The third-order valence-corrected chi connectivity index (χ3v) is 4.75. The summed E-state index contributed by atoms with van der Waals surface area (Å²) in [4.78, 5) is 19.2. The van der Waals surface area contributed by atoms with Crippen LogP contribution in [0.3, 0.4) is 0 Å². The number of imidazole rings is 1. The molecule has 5 heteroatoms. The lowest BCUT2D eigenvalue weighted by atomic mass is 10.0. The highest BCUT2D eigenvalue weighted by Gasteiger charge is 2.10. The van der Waals surface area contributed by atoms with E-state index in [1.165, 1.54) is 5.56 Å². The van der Waals surface area contributed by atoms with Gasteiger partial charge in [-0.2, -0.15) is 0 Å². The lowest BCUT2D eigenvalue weighted by Gasteiger charge is -2.09. The highest BCUT2D eigenvalue weighted by molar-refractivity contribution is 5.82. The average Bonchev–Trinajstić information content (AvgIpc) is 3.00. The molecule has 0 aliphatic heterocycles. The van der Waals surface area contributed by atoms with E-state index in [0.29, 0.717) is 11.1 Å². The summed E-state index contributed by atoms with van der Waals surface area (Å²) in [7, 11) is 4.15. The number of hydrogen-bond donors (Lipinski definition) is 0. The minimum atomic E-state index is -0.316. The van der Waals surface area contributed by atoms with Gasteiger partial charge in [0.2, 0.25) is 0 Å². The van der Waals surface area contributed by atoms with Crippen LogP contribution in [0.2, 0.25) is 0 Å². The lowest BCUT2D eigenvalue weighted by Crippen LogP contribution is -2.13. The molecular weight excluding hydrogens is 338 g/mol. The molecule has 0 aliphatic rings. The Morgan fingerprint density at radius 2 is 1.96 bits per heavy atom. The second-order valence-corrected chi connectivity index (χ2v) is 7.29. The first kappa shape index (κ1) is 17.5. The van der Waals surface area contributed by atoms with E-state index in [4.69, 9.17) is 4.42 Å². The van der Waals surface area contributed by atoms with Crippen molar-refractivity contribution in [1.82, 2.24) is 14.3 Å². The summed E-state index contributed by atoms with van der Waals surface area (Å²) in [5.74, 6) is 0. The molecule has 1 aromatic carbocycles. The third-order valence-electron chi connectivity index (χ3n) is 4.75. The number of nitrogens with zero attached hydrogens (tertiary/aromatic N) is 3. The summed E-state index contributed by atoms with van der Waals surface area (Å²) in [6.45, 7) is 2.99. The number of fused-ring (bicyclic) bond motifs is 2. The van der Waals surface area contributed by atoms with Crippen molar-refractivity contribution in [2.75, 3.05) is 20.6 Å². The van der Waals surface area contributed by atoms with Gasteiger partial charge in [-0.15, -0.1) is 0 Å². The molecule has 3 aromatic heterocycles. The van der Waals surface area contributed by atoms with Crippen LogP contribution in [0.15, 0.2) is 58.0 Å². The molecule has 4 aromatic rings. The molecule has 0 spiro atoms. The standard InChI is InChI=1S/C22H23N3O2/c1-15-13-25-14-18(8-9-21(25)23-15)19-12-17-7-6-16(5-4-10-24(2)3)11-20(17)27-22(19)26/h6-9,11-14H,4-5,10H2,1-3H3. The minimum Gasteiger partial charge on any atom is -0.422 e. The van der Waals surface area contributed by atoms with Crippen molar-refractivity contribution >= 4 is 16.6 Å². The van der Waals surface area contributed by atoms with Gasteiger partial charge in [0.15, 0.2) is 0 Å². The largest absolute Gasteiger partial charge is 0.422 e. The molecule has 0 aliphatic carbocycles. The minimum absolute atomic E-state index is 0.316. The molecule has 0 atom stereocenters. The van der Waals surface area contributed by atoms with E-state index in [-0.39, 0.29) is 5.63 Å². The number of benzene rings is 1. The fourth-order valence-corrected chi connectivity index (χ4v) is 3.39. The van der Waals surface area contributed by atoms with Gasteiger partial charge in [0, 0.05) is 23.3 Å². The zero-order valence-electron chi connectivity index (χ0n) is 15.9. The van der Waals surface area contributed by atoms with Gasteiger partial charge in [-0.3, -0.25) is 0 Å². The molecule has 0 radical (unpaired) electrons. The predicted octanol–water partition coefficient (Wildman–Crippen LogP) is 3.91. The topological polar surface area (TPSA) is 50.8 Å². The SMILES string of the molecule is Cc1cn2cc(-c3cc4ccc(CCCN(C)C)cc4oc3=O)ccc2n1. The molecule has 0 saturated heterocycles. The quantitative estimate of drug-likeness (QED) is 0.506. The highest BCUT2D eigenvalue weighted by atomic mass is 16.4. The molecular formula is C22H23N3O2. The summed E-state index contributed by atoms with van der Waals surface area (Å²) in [6.07, 6.45) is 5.91. The van der Waals surface area contributed by atoms with Crippen LogP contribution in [0.25, 0.3) is 27.7 Å². The summed E-state index contributed by atoms with van der Waals surface area (Å²) in [5, 5.41) is 0.933. The van der Waals surface area contributed by atoms with Crippen LogP contribution in [-0.4, -0.2) is 34.9 Å². The number of aromatic nitrogens is 2. The molecule has 0 unspecified atom stereocenters. The van der Waals surface area contributed by atoms with Gasteiger partial charge in [0.25, 0.3) is 0 Å². The Kier molecular flexibility index (Phi) is 4.54. The number of pyridine rings is 1.